The minimum Gasteiger partial charge on any atom is -0.368 e. The molecule has 0 radical (unpaired) electrons. The van der Waals surface area contributed by atoms with Crippen LogP contribution in [0.4, 0.5) is 13.2 Å². The molecule has 11 heteroatoms. The number of hydrogen-bond acceptors (Lipinski definition) is 6. The second kappa shape index (κ2) is 8.44. The van der Waals surface area contributed by atoms with E-state index in [0.717, 1.165) is 37.7 Å². The highest BCUT2D eigenvalue weighted by Gasteiger charge is 2.41. The molecular weight excluding hydrogens is 441 g/mol. The van der Waals surface area contributed by atoms with Crippen molar-refractivity contribution in [2.24, 2.45) is 0 Å². The maximum absolute atomic E-state index is 13.3. The highest BCUT2D eigenvalue weighted by atomic mass is 19.4. The quantitative estimate of drug-likeness (QED) is 0.746. The smallest absolute Gasteiger partial charge is 0.368 e. The summed E-state index contributed by atoms with van der Waals surface area (Å²) in [6.45, 7) is 0.963. The number of alkyl halides is 3. The number of ether oxygens (including phenoxy) is 1. The molecule has 0 spiro atoms. The molecule has 2 aromatic rings. The van der Waals surface area contributed by atoms with Gasteiger partial charge in [0.05, 0.1) is 6.04 Å². The van der Waals surface area contributed by atoms with Crippen LogP contribution in [0.15, 0.2) is 22.7 Å². The lowest BCUT2D eigenvalue weighted by atomic mass is 9.89. The Hall–Kier alpha value is -2.95. The van der Waals surface area contributed by atoms with Crippen LogP contribution in [0.25, 0.3) is 11.4 Å². The minimum atomic E-state index is -4.74. The number of hydrogen-bond donors (Lipinski definition) is 1. The van der Waals surface area contributed by atoms with Crippen molar-refractivity contribution in [3.05, 3.63) is 35.2 Å². The zero-order valence-electron chi connectivity index (χ0n) is 17.7. The van der Waals surface area contributed by atoms with Gasteiger partial charge in [0.2, 0.25) is 11.7 Å². The van der Waals surface area contributed by atoms with Crippen molar-refractivity contribution < 1.29 is 32.0 Å². The van der Waals surface area contributed by atoms with Crippen molar-refractivity contribution in [1.29, 1.82) is 0 Å². The minimum absolute atomic E-state index is 0.131. The Bertz CT molecular complexity index is 1060. The van der Waals surface area contributed by atoms with Gasteiger partial charge in [0.1, 0.15) is 6.10 Å². The Morgan fingerprint density at radius 1 is 1.15 bits per heavy atom. The molecule has 33 heavy (non-hydrogen) atoms. The molecule has 3 heterocycles. The van der Waals surface area contributed by atoms with Gasteiger partial charge in [-0.25, -0.2) is 0 Å². The summed E-state index contributed by atoms with van der Waals surface area (Å²) in [4.78, 5) is 31.0. The molecule has 0 bridgehead atoms. The van der Waals surface area contributed by atoms with Crippen molar-refractivity contribution in [3.63, 3.8) is 0 Å². The lowest BCUT2D eigenvalue weighted by Crippen LogP contribution is -2.55. The van der Waals surface area contributed by atoms with Gasteiger partial charge in [-0.2, -0.15) is 18.2 Å². The third-order valence-corrected chi connectivity index (χ3v) is 6.55. The van der Waals surface area contributed by atoms with Gasteiger partial charge in [0, 0.05) is 30.3 Å². The number of nitrogens with one attached hydrogen (secondary N) is 1. The summed E-state index contributed by atoms with van der Waals surface area (Å²) in [6, 6.07) is 4.47. The summed E-state index contributed by atoms with van der Waals surface area (Å²) in [7, 11) is 0. The van der Waals surface area contributed by atoms with Crippen LogP contribution in [0.3, 0.4) is 0 Å². The summed E-state index contributed by atoms with van der Waals surface area (Å²) >= 11 is 0. The van der Waals surface area contributed by atoms with Gasteiger partial charge in [-0.1, -0.05) is 30.1 Å². The fourth-order valence-corrected chi connectivity index (χ4v) is 4.90. The summed E-state index contributed by atoms with van der Waals surface area (Å²) in [6.07, 6.45) is -0.153. The van der Waals surface area contributed by atoms with Crippen molar-refractivity contribution >= 4 is 11.8 Å². The first kappa shape index (κ1) is 21.9. The number of carbonyl (C=O) groups is 2. The third kappa shape index (κ3) is 4.21. The van der Waals surface area contributed by atoms with E-state index in [-0.39, 0.29) is 35.3 Å². The highest BCUT2D eigenvalue weighted by molar-refractivity contribution is 5.99. The normalized spacial score (nSPS) is 25.4. The monoisotopic (exact) mass is 464 g/mol. The molecule has 1 saturated carbocycles. The molecule has 3 atom stereocenters. The van der Waals surface area contributed by atoms with E-state index in [4.69, 9.17) is 4.74 Å². The van der Waals surface area contributed by atoms with Gasteiger partial charge < -0.3 is 19.5 Å². The molecule has 1 aromatic heterocycles. The number of nitrogens with zero attached hydrogens (tertiary/aromatic N) is 3. The van der Waals surface area contributed by atoms with Crippen LogP contribution in [0.5, 0.6) is 0 Å². The molecule has 176 valence electrons. The van der Waals surface area contributed by atoms with Crippen molar-refractivity contribution in [2.75, 3.05) is 6.61 Å². The first-order chi connectivity index (χ1) is 15.8. The van der Waals surface area contributed by atoms with E-state index in [2.05, 4.69) is 20.0 Å². The first-order valence-electron chi connectivity index (χ1n) is 11.1. The Balaban J connectivity index is 1.34. The number of amides is 2. The predicted molar refractivity (Wildman–Crippen MR) is 108 cm³/mol. The topological polar surface area (TPSA) is 97.6 Å². The Kier molecular flexibility index (Phi) is 5.59. The number of aromatic nitrogens is 2. The molecule has 1 saturated heterocycles. The van der Waals surface area contributed by atoms with Gasteiger partial charge >= 0.3 is 12.1 Å². The van der Waals surface area contributed by atoms with Crippen LogP contribution in [-0.2, 0) is 22.3 Å². The summed E-state index contributed by atoms with van der Waals surface area (Å²) in [5.74, 6) is -2.00. The second-order valence-electron chi connectivity index (χ2n) is 8.69. The Morgan fingerprint density at radius 2 is 1.97 bits per heavy atom. The molecule has 5 rings (SSSR count). The Morgan fingerprint density at radius 3 is 2.70 bits per heavy atom. The number of carbonyl (C=O) groups excluding carboxylic acids is 2. The third-order valence-electron chi connectivity index (χ3n) is 6.55. The van der Waals surface area contributed by atoms with Crippen molar-refractivity contribution in [3.8, 4) is 11.4 Å². The molecular formula is C22H23F3N4O4. The fraction of sp³-hybridized carbons (Fsp3) is 0.545. The van der Waals surface area contributed by atoms with Crippen LogP contribution < -0.4 is 5.32 Å². The van der Waals surface area contributed by atoms with E-state index in [0.29, 0.717) is 25.1 Å². The zero-order chi connectivity index (χ0) is 23.2. The SMILES string of the molecule is O=C(N[C@H]1CCCC[C@@H]1N1Cc2ccc(-c3noc(C(F)(F)F)n3)cc2C1=O)C1CCCO1. The van der Waals surface area contributed by atoms with Gasteiger partial charge in [0.25, 0.3) is 5.91 Å². The number of rotatable bonds is 4. The largest absolute Gasteiger partial charge is 0.471 e. The van der Waals surface area contributed by atoms with Crippen LogP contribution in [0, 0.1) is 0 Å². The van der Waals surface area contributed by atoms with E-state index < -0.39 is 18.2 Å². The lowest BCUT2D eigenvalue weighted by molar-refractivity contribution is -0.159. The maximum Gasteiger partial charge on any atom is 0.471 e. The van der Waals surface area contributed by atoms with Crippen LogP contribution in [-0.4, -0.2) is 51.6 Å². The van der Waals surface area contributed by atoms with Crippen LogP contribution in [0.2, 0.25) is 0 Å². The molecule has 8 nitrogen and oxygen atoms in total. The van der Waals surface area contributed by atoms with E-state index in [1.54, 1.807) is 17.0 Å². The Labute approximate surface area is 187 Å². The number of halogens is 3. The zero-order valence-corrected chi connectivity index (χ0v) is 17.7. The molecule has 1 aromatic carbocycles. The fourth-order valence-electron chi connectivity index (χ4n) is 4.90. The number of fused-ring (bicyclic) bond motifs is 1. The highest BCUT2D eigenvalue weighted by Crippen LogP contribution is 2.34. The molecule has 1 aliphatic carbocycles. The first-order valence-corrected chi connectivity index (χ1v) is 11.1. The molecule has 2 amide bonds. The van der Waals surface area contributed by atoms with Gasteiger partial charge in [-0.05, 0) is 37.3 Å². The standard InChI is InChI=1S/C22H23F3N4O4/c23-22(24,25)21-27-18(28-33-21)12-7-8-13-11-29(20(31)14(13)10-12)16-5-2-1-4-15(16)26-19(30)17-6-3-9-32-17/h7-8,10,15-17H,1-6,9,11H2,(H,26,30)/t15-,16-,17?/m0/s1. The maximum atomic E-state index is 13.3. The number of benzene rings is 1. The predicted octanol–water partition coefficient (Wildman–Crippen LogP) is 3.32. The summed E-state index contributed by atoms with van der Waals surface area (Å²) < 4.78 is 48.2. The van der Waals surface area contributed by atoms with E-state index >= 15 is 0 Å². The molecule has 1 N–H and O–H groups in total. The molecule has 3 aliphatic rings. The van der Waals surface area contributed by atoms with Gasteiger partial charge in [-0.3, -0.25) is 9.59 Å². The van der Waals surface area contributed by atoms with Crippen molar-refractivity contribution in [1.82, 2.24) is 20.4 Å². The molecule has 2 fully saturated rings. The second-order valence-corrected chi connectivity index (χ2v) is 8.69. The summed E-state index contributed by atoms with van der Waals surface area (Å²) in [5.41, 5.74) is 1.45. The van der Waals surface area contributed by atoms with Gasteiger partial charge in [0.15, 0.2) is 0 Å². The molecule has 2 aliphatic heterocycles. The van der Waals surface area contributed by atoms with Gasteiger partial charge in [-0.15, -0.1) is 0 Å². The average molecular weight is 464 g/mol. The average Bonchev–Trinajstić information content (AvgIpc) is 3.54. The van der Waals surface area contributed by atoms with Crippen LogP contribution >= 0.6 is 0 Å². The van der Waals surface area contributed by atoms with Crippen LogP contribution in [0.1, 0.15) is 60.3 Å². The molecule has 1 unspecified atom stereocenters. The van der Waals surface area contributed by atoms with E-state index in [1.165, 1.54) is 6.07 Å². The summed E-state index contributed by atoms with van der Waals surface area (Å²) in [5, 5.41) is 6.50. The van der Waals surface area contributed by atoms with E-state index in [1.807, 2.05) is 0 Å². The lowest BCUT2D eigenvalue weighted by Gasteiger charge is -2.38. The van der Waals surface area contributed by atoms with E-state index in [9.17, 15) is 22.8 Å². The van der Waals surface area contributed by atoms with Crippen molar-refractivity contribution in [2.45, 2.75) is 69.4 Å².